The van der Waals surface area contributed by atoms with Crippen LogP contribution in [0, 0.1) is 11.8 Å². The number of fused-ring (bicyclic) bond motifs is 3. The van der Waals surface area contributed by atoms with Crippen molar-refractivity contribution in [2.45, 2.75) is 39.2 Å². The predicted molar refractivity (Wildman–Crippen MR) is 102 cm³/mol. The smallest absolute Gasteiger partial charge is 0.326 e. The molecule has 4 heteroatoms. The van der Waals surface area contributed by atoms with Crippen LogP contribution in [0.2, 0.25) is 0 Å². The molecular weight excluding hydrogens is 326 g/mol. The van der Waals surface area contributed by atoms with E-state index in [-0.39, 0.29) is 23.7 Å². The molecule has 0 fully saturated rings. The van der Waals surface area contributed by atoms with Crippen molar-refractivity contribution in [3.8, 4) is 11.1 Å². The van der Waals surface area contributed by atoms with Gasteiger partial charge in [-0.3, -0.25) is 4.79 Å². The number of carboxylic acids is 1. The maximum absolute atomic E-state index is 12.9. The van der Waals surface area contributed by atoms with Crippen LogP contribution in [-0.2, 0) is 9.59 Å². The summed E-state index contributed by atoms with van der Waals surface area (Å²) in [6.45, 7) is 5.79. The van der Waals surface area contributed by atoms with Gasteiger partial charge in [-0.25, -0.2) is 4.79 Å². The molecular formula is C22H25NO3. The summed E-state index contributed by atoms with van der Waals surface area (Å²) >= 11 is 0. The molecule has 0 saturated heterocycles. The zero-order valence-corrected chi connectivity index (χ0v) is 15.4. The molecule has 0 aliphatic heterocycles. The second kappa shape index (κ2) is 7.32. The van der Waals surface area contributed by atoms with Gasteiger partial charge in [0.15, 0.2) is 0 Å². The zero-order valence-electron chi connectivity index (χ0n) is 15.4. The summed E-state index contributed by atoms with van der Waals surface area (Å²) in [7, 11) is 0. The molecule has 0 saturated carbocycles. The lowest BCUT2D eigenvalue weighted by Gasteiger charge is -2.24. The number of carbonyl (C=O) groups excluding carboxylic acids is 1. The normalized spacial score (nSPS) is 15.2. The van der Waals surface area contributed by atoms with Gasteiger partial charge in [0.25, 0.3) is 0 Å². The van der Waals surface area contributed by atoms with E-state index in [0.29, 0.717) is 6.42 Å². The minimum absolute atomic E-state index is 0.0594. The maximum atomic E-state index is 12.9. The Morgan fingerprint density at radius 2 is 1.46 bits per heavy atom. The largest absolute Gasteiger partial charge is 0.480 e. The fraction of sp³-hybridized carbons (Fsp3) is 0.364. The molecule has 1 unspecified atom stereocenters. The highest BCUT2D eigenvalue weighted by atomic mass is 16.4. The average Bonchev–Trinajstić information content (AvgIpc) is 2.94. The third-order valence-electron chi connectivity index (χ3n) is 5.12. The Hall–Kier alpha value is -2.62. The Labute approximate surface area is 154 Å². The molecule has 2 aromatic rings. The lowest BCUT2D eigenvalue weighted by molar-refractivity contribution is -0.142. The van der Waals surface area contributed by atoms with Gasteiger partial charge in [-0.1, -0.05) is 69.3 Å². The van der Waals surface area contributed by atoms with Gasteiger partial charge in [0.05, 0.1) is 0 Å². The highest BCUT2D eigenvalue weighted by Crippen LogP contribution is 2.47. The summed E-state index contributed by atoms with van der Waals surface area (Å²) in [5, 5.41) is 12.2. The SMILES string of the molecule is CC(C)C[C@H](NC(=O)C(C)C1c2ccccc2-c2ccccc21)C(=O)O. The minimum Gasteiger partial charge on any atom is -0.480 e. The van der Waals surface area contributed by atoms with Gasteiger partial charge in [-0.2, -0.15) is 0 Å². The Balaban J connectivity index is 1.88. The molecule has 26 heavy (non-hydrogen) atoms. The Bertz CT molecular complexity index is 782. The fourth-order valence-electron chi connectivity index (χ4n) is 3.88. The van der Waals surface area contributed by atoms with Gasteiger partial charge in [0.2, 0.25) is 5.91 Å². The molecule has 3 rings (SSSR count). The van der Waals surface area contributed by atoms with Crippen molar-refractivity contribution in [1.82, 2.24) is 5.32 Å². The topological polar surface area (TPSA) is 66.4 Å². The second-order valence-electron chi connectivity index (χ2n) is 7.47. The van der Waals surface area contributed by atoms with E-state index >= 15 is 0 Å². The summed E-state index contributed by atoms with van der Waals surface area (Å²) < 4.78 is 0. The van der Waals surface area contributed by atoms with E-state index in [2.05, 4.69) is 29.6 Å². The predicted octanol–water partition coefficient (Wildman–Crippen LogP) is 4.05. The third-order valence-corrected chi connectivity index (χ3v) is 5.12. The molecule has 0 spiro atoms. The van der Waals surface area contributed by atoms with Crippen molar-refractivity contribution in [2.24, 2.45) is 11.8 Å². The van der Waals surface area contributed by atoms with Gasteiger partial charge in [-0.15, -0.1) is 0 Å². The van der Waals surface area contributed by atoms with Crippen molar-refractivity contribution in [3.63, 3.8) is 0 Å². The number of hydrogen-bond acceptors (Lipinski definition) is 2. The standard InChI is InChI=1S/C22H25NO3/c1-13(2)12-19(22(25)26)23-21(24)14(3)20-17-10-6-4-8-15(17)16-9-5-7-11-18(16)20/h4-11,13-14,19-20H,12H2,1-3H3,(H,23,24)(H,25,26)/t14?,19-/m0/s1. The van der Waals surface area contributed by atoms with E-state index in [0.717, 1.165) is 22.3 Å². The van der Waals surface area contributed by atoms with E-state index in [1.165, 1.54) is 0 Å². The lowest BCUT2D eigenvalue weighted by atomic mass is 9.84. The van der Waals surface area contributed by atoms with E-state index in [1.807, 2.05) is 45.0 Å². The summed E-state index contributed by atoms with van der Waals surface area (Å²) in [6, 6.07) is 15.4. The molecule has 0 bridgehead atoms. The van der Waals surface area contributed by atoms with Gasteiger partial charge in [0, 0.05) is 11.8 Å². The molecule has 4 nitrogen and oxygen atoms in total. The molecule has 0 aromatic heterocycles. The third kappa shape index (κ3) is 3.36. The van der Waals surface area contributed by atoms with E-state index in [4.69, 9.17) is 0 Å². The van der Waals surface area contributed by atoms with Crippen LogP contribution >= 0.6 is 0 Å². The summed E-state index contributed by atoms with van der Waals surface area (Å²) in [5.74, 6) is -1.41. The van der Waals surface area contributed by atoms with Crippen LogP contribution in [0.5, 0.6) is 0 Å². The highest BCUT2D eigenvalue weighted by molar-refractivity contribution is 5.88. The van der Waals surface area contributed by atoms with Crippen molar-refractivity contribution in [2.75, 3.05) is 0 Å². The van der Waals surface area contributed by atoms with Crippen molar-refractivity contribution >= 4 is 11.9 Å². The average molecular weight is 351 g/mol. The second-order valence-corrected chi connectivity index (χ2v) is 7.47. The Kier molecular flexibility index (Phi) is 5.12. The number of benzene rings is 2. The fourth-order valence-corrected chi connectivity index (χ4v) is 3.88. The number of carbonyl (C=O) groups is 2. The van der Waals surface area contributed by atoms with Crippen molar-refractivity contribution in [3.05, 3.63) is 59.7 Å². The van der Waals surface area contributed by atoms with Crippen LogP contribution in [0.25, 0.3) is 11.1 Å². The van der Waals surface area contributed by atoms with Gasteiger partial charge in [-0.05, 0) is 34.6 Å². The van der Waals surface area contributed by atoms with Crippen LogP contribution < -0.4 is 5.32 Å². The first-order valence-electron chi connectivity index (χ1n) is 9.11. The van der Waals surface area contributed by atoms with Gasteiger partial charge in [0.1, 0.15) is 6.04 Å². The highest BCUT2D eigenvalue weighted by Gasteiger charge is 2.36. The van der Waals surface area contributed by atoms with Crippen molar-refractivity contribution < 1.29 is 14.7 Å². The maximum Gasteiger partial charge on any atom is 0.326 e. The van der Waals surface area contributed by atoms with Gasteiger partial charge >= 0.3 is 5.97 Å². The Morgan fingerprint density at radius 3 is 1.92 bits per heavy atom. The van der Waals surface area contributed by atoms with Gasteiger partial charge < -0.3 is 10.4 Å². The number of nitrogens with one attached hydrogen (secondary N) is 1. The molecule has 2 atom stereocenters. The number of rotatable bonds is 6. The summed E-state index contributed by atoms with van der Waals surface area (Å²) in [5.41, 5.74) is 4.58. The van der Waals surface area contributed by atoms with E-state index < -0.39 is 12.0 Å². The molecule has 1 amide bonds. The summed E-state index contributed by atoms with van der Waals surface area (Å²) in [6.07, 6.45) is 0.422. The molecule has 2 aromatic carbocycles. The van der Waals surface area contributed by atoms with E-state index in [9.17, 15) is 14.7 Å². The first kappa shape index (κ1) is 18.2. The Morgan fingerprint density at radius 1 is 0.962 bits per heavy atom. The number of aliphatic carboxylic acids is 1. The van der Waals surface area contributed by atoms with Crippen LogP contribution in [-0.4, -0.2) is 23.0 Å². The minimum atomic E-state index is -0.980. The molecule has 0 heterocycles. The quantitative estimate of drug-likeness (QED) is 0.825. The first-order chi connectivity index (χ1) is 12.4. The monoisotopic (exact) mass is 351 g/mol. The molecule has 0 radical (unpaired) electrons. The molecule has 1 aliphatic carbocycles. The molecule has 1 aliphatic rings. The number of amides is 1. The van der Waals surface area contributed by atoms with Crippen LogP contribution in [0.3, 0.4) is 0 Å². The number of hydrogen-bond donors (Lipinski definition) is 2. The van der Waals surface area contributed by atoms with Crippen LogP contribution in [0.4, 0.5) is 0 Å². The van der Waals surface area contributed by atoms with Crippen molar-refractivity contribution in [1.29, 1.82) is 0 Å². The first-order valence-corrected chi connectivity index (χ1v) is 9.11. The summed E-state index contributed by atoms with van der Waals surface area (Å²) in [4.78, 5) is 24.4. The zero-order chi connectivity index (χ0) is 18.8. The molecule has 2 N–H and O–H groups in total. The van der Waals surface area contributed by atoms with E-state index in [1.54, 1.807) is 0 Å². The molecule has 136 valence electrons. The van der Waals surface area contributed by atoms with Crippen LogP contribution in [0.1, 0.15) is 44.2 Å². The number of carboxylic acid groups (broad SMARTS) is 1. The van der Waals surface area contributed by atoms with Crippen LogP contribution in [0.15, 0.2) is 48.5 Å². The lowest BCUT2D eigenvalue weighted by Crippen LogP contribution is -2.44.